The van der Waals surface area contributed by atoms with Gasteiger partial charge in [0.05, 0.1) is 36.7 Å². The molecule has 2 rings (SSSR count). The SMILES string of the molecule is CC[C@H](O)CC(=O)N[C@@H](Cc1ccccc1)[C@H](O)CN(CC(C)C)S(=O)(=O)c1ccc(OC)cc1. The smallest absolute Gasteiger partial charge is 0.243 e. The second-order valence-electron chi connectivity index (χ2n) is 9.09. The first-order valence-electron chi connectivity index (χ1n) is 11.9. The maximum absolute atomic E-state index is 13.4. The Morgan fingerprint density at radius 1 is 1.03 bits per heavy atom. The van der Waals surface area contributed by atoms with Crippen molar-refractivity contribution in [3.63, 3.8) is 0 Å². The molecular weight excluding hydrogens is 468 g/mol. The Kier molecular flexibility index (Phi) is 11.2. The van der Waals surface area contributed by atoms with E-state index in [0.717, 1.165) is 5.56 Å². The topological polar surface area (TPSA) is 116 Å². The third kappa shape index (κ3) is 8.92. The van der Waals surface area contributed by atoms with Gasteiger partial charge in [-0.1, -0.05) is 51.1 Å². The molecule has 0 spiro atoms. The lowest BCUT2D eigenvalue weighted by atomic mass is 10.0. The first kappa shape index (κ1) is 28.8. The predicted octanol–water partition coefficient (Wildman–Crippen LogP) is 2.59. The fourth-order valence-electron chi connectivity index (χ4n) is 3.69. The number of benzene rings is 2. The van der Waals surface area contributed by atoms with Gasteiger partial charge >= 0.3 is 0 Å². The molecule has 1 amide bonds. The molecule has 35 heavy (non-hydrogen) atoms. The monoisotopic (exact) mass is 506 g/mol. The Balaban J connectivity index is 2.29. The van der Waals surface area contributed by atoms with Gasteiger partial charge in [0.2, 0.25) is 15.9 Å². The average molecular weight is 507 g/mol. The van der Waals surface area contributed by atoms with Gasteiger partial charge in [0.1, 0.15) is 5.75 Å². The lowest BCUT2D eigenvalue weighted by Gasteiger charge is -2.31. The number of methoxy groups -OCH3 is 1. The molecule has 194 valence electrons. The van der Waals surface area contributed by atoms with Gasteiger partial charge in [-0.2, -0.15) is 4.31 Å². The fourth-order valence-corrected chi connectivity index (χ4v) is 5.31. The van der Waals surface area contributed by atoms with Crippen molar-refractivity contribution in [3.05, 3.63) is 60.2 Å². The molecule has 0 heterocycles. The highest BCUT2D eigenvalue weighted by molar-refractivity contribution is 7.89. The van der Waals surface area contributed by atoms with Gasteiger partial charge in [0, 0.05) is 13.1 Å². The summed E-state index contributed by atoms with van der Waals surface area (Å²) in [5.41, 5.74) is 0.890. The fraction of sp³-hybridized carbons (Fsp3) is 0.500. The van der Waals surface area contributed by atoms with Crippen molar-refractivity contribution in [2.75, 3.05) is 20.2 Å². The Hall–Kier alpha value is -2.46. The van der Waals surface area contributed by atoms with E-state index >= 15 is 0 Å². The molecule has 3 atom stereocenters. The van der Waals surface area contributed by atoms with Gasteiger partial charge in [-0.25, -0.2) is 8.42 Å². The zero-order chi connectivity index (χ0) is 26.0. The highest BCUT2D eigenvalue weighted by atomic mass is 32.2. The molecule has 2 aromatic carbocycles. The number of amides is 1. The van der Waals surface area contributed by atoms with Crippen LogP contribution in [0.3, 0.4) is 0 Å². The Morgan fingerprint density at radius 3 is 2.20 bits per heavy atom. The van der Waals surface area contributed by atoms with Gasteiger partial charge in [0.25, 0.3) is 0 Å². The van der Waals surface area contributed by atoms with E-state index in [4.69, 9.17) is 4.74 Å². The molecular formula is C26H38N2O6S. The van der Waals surface area contributed by atoms with Crippen molar-refractivity contribution in [2.24, 2.45) is 5.92 Å². The zero-order valence-electron chi connectivity index (χ0n) is 20.9. The van der Waals surface area contributed by atoms with Gasteiger partial charge in [-0.05, 0) is 48.6 Å². The number of sulfonamides is 1. The van der Waals surface area contributed by atoms with Gasteiger partial charge in [0.15, 0.2) is 0 Å². The van der Waals surface area contributed by atoms with Crippen LogP contribution >= 0.6 is 0 Å². The molecule has 8 nitrogen and oxygen atoms in total. The number of aliphatic hydroxyl groups is 2. The molecule has 0 aromatic heterocycles. The van der Waals surface area contributed by atoms with Crippen LogP contribution in [0.15, 0.2) is 59.5 Å². The predicted molar refractivity (Wildman–Crippen MR) is 136 cm³/mol. The van der Waals surface area contributed by atoms with E-state index in [1.165, 1.54) is 23.5 Å². The summed E-state index contributed by atoms with van der Waals surface area (Å²) in [6, 6.07) is 14.7. The Bertz CT molecular complexity index is 1010. The van der Waals surface area contributed by atoms with Crippen LogP contribution in [-0.2, 0) is 21.2 Å². The normalized spacial score (nSPS) is 14.5. The minimum Gasteiger partial charge on any atom is -0.497 e. The van der Waals surface area contributed by atoms with Crippen LogP contribution in [0.1, 0.15) is 39.2 Å². The molecule has 0 aliphatic rings. The molecule has 0 bridgehead atoms. The Morgan fingerprint density at radius 2 is 1.66 bits per heavy atom. The van der Waals surface area contributed by atoms with E-state index in [1.54, 1.807) is 19.1 Å². The molecule has 2 aromatic rings. The van der Waals surface area contributed by atoms with Crippen molar-refractivity contribution < 1.29 is 28.2 Å². The lowest BCUT2D eigenvalue weighted by Crippen LogP contribution is -2.51. The summed E-state index contributed by atoms with van der Waals surface area (Å²) in [6.45, 7) is 5.59. The summed E-state index contributed by atoms with van der Waals surface area (Å²) < 4.78 is 33.3. The van der Waals surface area contributed by atoms with Gasteiger partial charge in [-0.15, -0.1) is 0 Å². The summed E-state index contributed by atoms with van der Waals surface area (Å²) in [7, 11) is -2.40. The third-order valence-electron chi connectivity index (χ3n) is 5.66. The summed E-state index contributed by atoms with van der Waals surface area (Å²) >= 11 is 0. The van der Waals surface area contributed by atoms with E-state index in [-0.39, 0.29) is 30.3 Å². The second-order valence-corrected chi connectivity index (χ2v) is 11.0. The van der Waals surface area contributed by atoms with Crippen molar-refractivity contribution in [1.29, 1.82) is 0 Å². The molecule has 3 N–H and O–H groups in total. The molecule has 0 saturated heterocycles. The number of hydrogen-bond donors (Lipinski definition) is 3. The molecule has 0 aliphatic heterocycles. The first-order chi connectivity index (χ1) is 16.6. The summed E-state index contributed by atoms with van der Waals surface area (Å²) in [5, 5.41) is 23.9. The summed E-state index contributed by atoms with van der Waals surface area (Å²) in [6.07, 6.45) is -1.30. The number of carbonyl (C=O) groups is 1. The quantitative estimate of drug-likeness (QED) is 0.363. The lowest BCUT2D eigenvalue weighted by molar-refractivity contribution is -0.124. The largest absolute Gasteiger partial charge is 0.497 e. The summed E-state index contributed by atoms with van der Waals surface area (Å²) in [4.78, 5) is 12.6. The van der Waals surface area contributed by atoms with Crippen LogP contribution in [0.4, 0.5) is 0 Å². The number of nitrogens with zero attached hydrogens (tertiary/aromatic N) is 1. The van der Waals surface area contributed by atoms with E-state index in [9.17, 15) is 23.4 Å². The van der Waals surface area contributed by atoms with Crippen LogP contribution in [0.5, 0.6) is 5.75 Å². The van der Waals surface area contributed by atoms with Crippen molar-refractivity contribution in [2.45, 2.75) is 63.2 Å². The zero-order valence-corrected chi connectivity index (χ0v) is 21.7. The number of nitrogens with one attached hydrogen (secondary N) is 1. The molecule has 0 radical (unpaired) electrons. The number of aliphatic hydroxyl groups excluding tert-OH is 2. The summed E-state index contributed by atoms with van der Waals surface area (Å²) in [5.74, 6) is 0.157. The number of ether oxygens (including phenoxy) is 1. The van der Waals surface area contributed by atoms with Gasteiger partial charge < -0.3 is 20.3 Å². The van der Waals surface area contributed by atoms with Crippen LogP contribution in [0.2, 0.25) is 0 Å². The van der Waals surface area contributed by atoms with E-state index < -0.39 is 34.2 Å². The van der Waals surface area contributed by atoms with E-state index in [0.29, 0.717) is 18.6 Å². The highest BCUT2D eigenvalue weighted by Gasteiger charge is 2.31. The van der Waals surface area contributed by atoms with Crippen molar-refractivity contribution in [1.82, 2.24) is 9.62 Å². The highest BCUT2D eigenvalue weighted by Crippen LogP contribution is 2.21. The average Bonchev–Trinajstić information content (AvgIpc) is 2.83. The third-order valence-corrected chi connectivity index (χ3v) is 7.50. The standard InChI is InChI=1S/C26H38N2O6S/c1-5-21(29)16-26(31)27-24(15-20-9-7-6-8-10-20)25(30)18-28(17-19(2)3)35(32,33)23-13-11-22(34-4)12-14-23/h6-14,19,21,24-25,29-30H,5,15-18H2,1-4H3,(H,27,31)/t21-,24-,25+/m0/s1. The van der Waals surface area contributed by atoms with Crippen LogP contribution < -0.4 is 10.1 Å². The Labute approximate surface area is 209 Å². The number of carbonyl (C=O) groups excluding carboxylic acids is 1. The molecule has 0 unspecified atom stereocenters. The van der Waals surface area contributed by atoms with E-state index in [2.05, 4.69) is 5.32 Å². The maximum atomic E-state index is 13.4. The van der Waals surface area contributed by atoms with E-state index in [1.807, 2.05) is 44.2 Å². The molecule has 0 aliphatic carbocycles. The number of rotatable bonds is 14. The van der Waals surface area contributed by atoms with Gasteiger partial charge in [-0.3, -0.25) is 4.79 Å². The maximum Gasteiger partial charge on any atom is 0.243 e. The molecule has 9 heteroatoms. The molecule has 0 fully saturated rings. The van der Waals surface area contributed by atoms with Crippen molar-refractivity contribution >= 4 is 15.9 Å². The van der Waals surface area contributed by atoms with Crippen LogP contribution in [-0.4, -0.2) is 67.3 Å². The number of hydrogen-bond acceptors (Lipinski definition) is 6. The minimum atomic E-state index is -3.91. The minimum absolute atomic E-state index is 0.0112. The van der Waals surface area contributed by atoms with Crippen LogP contribution in [0.25, 0.3) is 0 Å². The second kappa shape index (κ2) is 13.6. The van der Waals surface area contributed by atoms with Crippen LogP contribution in [0, 0.1) is 5.92 Å². The van der Waals surface area contributed by atoms with Crippen molar-refractivity contribution in [3.8, 4) is 5.75 Å². The first-order valence-corrected chi connectivity index (χ1v) is 13.3. The molecule has 0 saturated carbocycles.